The molecule has 0 spiro atoms. The number of carbonyl (C=O) groups excluding carboxylic acids is 1. The molecule has 0 N–H and O–H groups in total. The summed E-state index contributed by atoms with van der Waals surface area (Å²) < 4.78 is 113. The Kier molecular flexibility index (Phi) is 1.27. The average molecular weight is 307 g/mol. The molecule has 0 unspecified atom stereocenters. The number of alkyl halides is 3. The maximum atomic E-state index is 13.3. The summed E-state index contributed by atoms with van der Waals surface area (Å²) in [6.45, 7) is 0. The lowest BCUT2D eigenvalue weighted by molar-refractivity contribution is -0.0884. The first-order valence-electron chi connectivity index (χ1n) is 10.5. The van der Waals surface area contributed by atoms with Gasteiger partial charge in [-0.15, -0.1) is 0 Å². The van der Waals surface area contributed by atoms with Crippen molar-refractivity contribution in [3.63, 3.8) is 0 Å². The third-order valence-corrected chi connectivity index (χ3v) is 3.30. The Morgan fingerprint density at radius 2 is 1.36 bits per heavy atom. The fourth-order valence-electron chi connectivity index (χ4n) is 2.37. The van der Waals surface area contributed by atoms with Gasteiger partial charge in [0.15, 0.2) is 0 Å². The van der Waals surface area contributed by atoms with Gasteiger partial charge in [-0.05, 0) is 38.4 Å². The molecule has 1 nitrogen and oxygen atoms in total. The minimum absolute atomic E-state index is 0.317. The van der Waals surface area contributed by atoms with Crippen molar-refractivity contribution in [2.75, 3.05) is 0 Å². The zero-order valence-electron chi connectivity index (χ0n) is 19.5. The first kappa shape index (κ1) is 6.65. The van der Waals surface area contributed by atoms with Gasteiger partial charge in [-0.1, -0.05) is 48.3 Å². The summed E-state index contributed by atoms with van der Waals surface area (Å²) in [5, 5.41) is -2.87. The first-order valence-corrected chi connectivity index (χ1v) is 6.02. The molecule has 0 aromatic heterocycles. The molecule has 0 aliphatic carbocycles. The second-order valence-electron chi connectivity index (χ2n) is 4.58. The number of halogens is 3. The van der Waals surface area contributed by atoms with Gasteiger partial charge in [0.1, 0.15) is 0 Å². The molecule has 4 heteroatoms. The third kappa shape index (κ3) is 1.70. The Balaban J connectivity index is 2.54. The summed E-state index contributed by atoms with van der Waals surface area (Å²) >= 11 is 0. The fraction of sp³-hybridized carbons (Fsp3) is 0.0556. The van der Waals surface area contributed by atoms with Crippen molar-refractivity contribution in [2.24, 2.45) is 0 Å². The van der Waals surface area contributed by atoms with Crippen molar-refractivity contribution in [1.82, 2.24) is 0 Å². The second kappa shape index (κ2) is 4.19. The van der Waals surface area contributed by atoms with Gasteiger partial charge < -0.3 is 0 Å². The molecular formula is C18H9F3O. The number of ketones is 1. The fourth-order valence-corrected chi connectivity index (χ4v) is 2.37. The average Bonchev–Trinajstić information content (AvgIpc) is 2.68. The van der Waals surface area contributed by atoms with Gasteiger partial charge in [-0.2, -0.15) is 13.2 Å². The van der Waals surface area contributed by atoms with E-state index in [0.717, 1.165) is 0 Å². The van der Waals surface area contributed by atoms with E-state index in [-0.39, 0.29) is 5.39 Å². The zero-order chi connectivity index (χ0) is 23.3. The molecule has 0 atom stereocenters. The van der Waals surface area contributed by atoms with Crippen LogP contribution in [-0.2, 0) is 0 Å². The molecule has 0 heterocycles. The highest BCUT2D eigenvalue weighted by molar-refractivity contribution is 6.26. The number of rotatable bonds is 1. The van der Waals surface area contributed by atoms with Gasteiger partial charge >= 0.3 is 6.18 Å². The molecular weight excluding hydrogens is 289 g/mol. The topological polar surface area (TPSA) is 17.1 Å². The summed E-state index contributed by atoms with van der Waals surface area (Å²) in [5.74, 6) is -2.51. The van der Waals surface area contributed by atoms with Crippen molar-refractivity contribution in [3.8, 4) is 0 Å². The lowest BCUT2D eigenvalue weighted by Crippen LogP contribution is -2.22. The van der Waals surface area contributed by atoms with E-state index in [2.05, 4.69) is 0 Å². The van der Waals surface area contributed by atoms with E-state index in [1.165, 1.54) is 0 Å². The van der Waals surface area contributed by atoms with Crippen LogP contribution in [0.15, 0.2) is 54.4 Å². The first-order chi connectivity index (χ1) is 14.2. The standard InChI is InChI=1S/C18H9F3O/c19-18(20,21)17(22)14-9-7-12-5-4-10-2-1-3-11-6-8-13(14)16(12)15(10)11/h1-9H/i1D,2D,3D,4D,5D,6D,7D,8D,9D. The van der Waals surface area contributed by atoms with Crippen LogP contribution in [0.5, 0.6) is 0 Å². The van der Waals surface area contributed by atoms with E-state index < -0.39 is 98.8 Å². The van der Waals surface area contributed by atoms with E-state index in [0.29, 0.717) is 0 Å². The monoisotopic (exact) mass is 307 g/mol. The Bertz CT molecular complexity index is 1450. The maximum Gasteiger partial charge on any atom is 0.454 e. The van der Waals surface area contributed by atoms with Gasteiger partial charge in [-0.3, -0.25) is 4.79 Å². The van der Waals surface area contributed by atoms with Gasteiger partial charge in [0, 0.05) is 5.56 Å². The molecule has 22 heavy (non-hydrogen) atoms. The van der Waals surface area contributed by atoms with Gasteiger partial charge in [-0.25, -0.2) is 0 Å². The molecule has 4 aromatic carbocycles. The Morgan fingerprint density at radius 3 is 2.00 bits per heavy atom. The van der Waals surface area contributed by atoms with Gasteiger partial charge in [0.2, 0.25) is 0 Å². The zero-order valence-corrected chi connectivity index (χ0v) is 10.5. The normalized spacial score (nSPS) is 18.2. The second-order valence-corrected chi connectivity index (χ2v) is 4.58. The highest BCUT2D eigenvalue weighted by atomic mass is 19.4. The Labute approximate surface area is 135 Å². The van der Waals surface area contributed by atoms with E-state index in [4.69, 9.17) is 12.3 Å². The highest BCUT2D eigenvalue weighted by Crippen LogP contribution is 2.37. The van der Waals surface area contributed by atoms with Crippen LogP contribution >= 0.6 is 0 Å². The van der Waals surface area contributed by atoms with Crippen LogP contribution in [0.2, 0.25) is 0 Å². The molecule has 0 saturated heterocycles. The minimum atomic E-state index is -5.46. The SMILES string of the molecule is [2H]c1c([2H])c2c([2H])c([2H])c3c([2H])c([2H])c(C(=O)C(F)(F)F)c4c([2H])c([2H])c(c1[2H])c2c34. The largest absolute Gasteiger partial charge is 0.454 e. The number of hydrogen-bond donors (Lipinski definition) is 0. The molecule has 4 aromatic rings. The molecule has 0 fully saturated rings. The molecule has 0 saturated carbocycles. The summed E-state index contributed by atoms with van der Waals surface area (Å²) in [6, 6.07) is -7.37. The number of hydrogen-bond acceptors (Lipinski definition) is 1. The molecule has 0 aliphatic rings. The predicted octanol–water partition coefficient (Wildman–Crippen LogP) is 5.33. The molecule has 0 aliphatic heterocycles. The van der Waals surface area contributed by atoms with Crippen molar-refractivity contribution >= 4 is 38.1 Å². The van der Waals surface area contributed by atoms with Crippen LogP contribution in [0.1, 0.15) is 22.7 Å². The smallest absolute Gasteiger partial charge is 0.284 e. The Morgan fingerprint density at radius 1 is 0.818 bits per heavy atom. The van der Waals surface area contributed by atoms with Crippen LogP contribution < -0.4 is 0 Å². The van der Waals surface area contributed by atoms with Gasteiger partial charge in [0.05, 0.1) is 12.3 Å². The molecule has 0 radical (unpaired) electrons. The summed E-state index contributed by atoms with van der Waals surface area (Å²) in [7, 11) is 0. The van der Waals surface area contributed by atoms with E-state index in [9.17, 15) is 18.0 Å². The van der Waals surface area contributed by atoms with Crippen LogP contribution in [0.25, 0.3) is 32.3 Å². The summed E-state index contributed by atoms with van der Waals surface area (Å²) in [6.07, 6.45) is -5.46. The number of carbonyl (C=O) groups is 1. The molecule has 4 rings (SSSR count). The quantitative estimate of drug-likeness (QED) is 0.343. The van der Waals surface area contributed by atoms with Crippen molar-refractivity contribution in [3.05, 3.63) is 59.9 Å². The van der Waals surface area contributed by atoms with Crippen LogP contribution in [-0.4, -0.2) is 12.0 Å². The van der Waals surface area contributed by atoms with E-state index in [1.54, 1.807) is 0 Å². The van der Waals surface area contributed by atoms with E-state index >= 15 is 0 Å². The summed E-state index contributed by atoms with van der Waals surface area (Å²) in [5.41, 5.74) is -1.34. The number of Topliss-reactive ketones (excluding diaryl/α,β-unsaturated/α-hetero) is 1. The van der Waals surface area contributed by atoms with Crippen LogP contribution in [0.4, 0.5) is 13.2 Å². The predicted molar refractivity (Wildman–Crippen MR) is 80.5 cm³/mol. The van der Waals surface area contributed by atoms with Crippen molar-refractivity contribution in [1.29, 1.82) is 0 Å². The van der Waals surface area contributed by atoms with Crippen LogP contribution in [0, 0.1) is 0 Å². The summed E-state index contributed by atoms with van der Waals surface area (Å²) in [4.78, 5) is 12.1. The highest BCUT2D eigenvalue weighted by Gasteiger charge is 2.40. The van der Waals surface area contributed by atoms with E-state index in [1.807, 2.05) is 0 Å². The van der Waals surface area contributed by atoms with Crippen molar-refractivity contribution < 1.29 is 30.3 Å². The molecule has 108 valence electrons. The van der Waals surface area contributed by atoms with Crippen molar-refractivity contribution in [2.45, 2.75) is 6.18 Å². The van der Waals surface area contributed by atoms with Gasteiger partial charge in [0.25, 0.3) is 5.78 Å². The molecule has 0 amide bonds. The maximum absolute atomic E-state index is 13.3. The van der Waals surface area contributed by atoms with Crippen LogP contribution in [0.3, 0.4) is 0 Å². The lowest BCUT2D eigenvalue weighted by Gasteiger charge is -2.14. The minimum Gasteiger partial charge on any atom is -0.284 e. The lowest BCUT2D eigenvalue weighted by atomic mass is 9.91. The Hall–Kier alpha value is -2.62. The molecule has 0 bridgehead atoms. The third-order valence-electron chi connectivity index (χ3n) is 3.30. The number of benzene rings is 4.